The van der Waals surface area contributed by atoms with Crippen molar-refractivity contribution < 1.29 is 13.9 Å². The van der Waals surface area contributed by atoms with Gasteiger partial charge in [0.25, 0.3) is 0 Å². The Labute approximate surface area is 171 Å². The Bertz CT molecular complexity index is 869. The minimum absolute atomic E-state index is 0.00803. The van der Waals surface area contributed by atoms with Crippen molar-refractivity contribution >= 4 is 22.5 Å². The van der Waals surface area contributed by atoms with Gasteiger partial charge in [0.2, 0.25) is 5.91 Å². The number of hydrogen-bond donors (Lipinski definition) is 1. The molecule has 0 aliphatic carbocycles. The highest BCUT2D eigenvalue weighted by Gasteiger charge is 2.33. The number of ether oxygens (including phenoxy) is 1. The second-order valence-corrected chi connectivity index (χ2v) is 8.14. The van der Waals surface area contributed by atoms with Gasteiger partial charge in [0, 0.05) is 48.9 Å². The fraction of sp³-hybridized carbons (Fsp3) is 0.545. The molecule has 0 unspecified atom stereocenters. The number of rotatable bonds is 5. The topological polar surface area (TPSA) is 57.7 Å². The van der Waals surface area contributed by atoms with Crippen LogP contribution >= 0.6 is 0 Å². The summed E-state index contributed by atoms with van der Waals surface area (Å²) in [6.07, 6.45) is 3.28. The van der Waals surface area contributed by atoms with Crippen LogP contribution in [0.2, 0.25) is 0 Å². The van der Waals surface area contributed by atoms with Gasteiger partial charge in [-0.3, -0.25) is 14.7 Å². The zero-order chi connectivity index (χ0) is 20.4. The molecule has 2 aromatic rings. The third kappa shape index (κ3) is 4.29. The van der Waals surface area contributed by atoms with Gasteiger partial charge in [-0.2, -0.15) is 0 Å². The zero-order valence-corrected chi connectivity index (χ0v) is 17.1. The van der Waals surface area contributed by atoms with Crippen molar-refractivity contribution in [2.75, 3.05) is 38.6 Å². The van der Waals surface area contributed by atoms with Crippen molar-refractivity contribution in [3.63, 3.8) is 0 Å². The Morgan fingerprint density at radius 1 is 1.31 bits per heavy atom. The van der Waals surface area contributed by atoms with E-state index in [1.54, 1.807) is 18.2 Å². The number of benzene rings is 1. The number of carbonyl (C=O) groups is 1. The van der Waals surface area contributed by atoms with Gasteiger partial charge in [0.15, 0.2) is 0 Å². The molecule has 1 amide bonds. The van der Waals surface area contributed by atoms with Crippen molar-refractivity contribution in [2.45, 2.75) is 44.4 Å². The monoisotopic (exact) mass is 400 g/mol. The number of aromatic nitrogens is 1. The maximum atomic E-state index is 13.6. The van der Waals surface area contributed by atoms with Crippen molar-refractivity contribution in [1.82, 2.24) is 14.8 Å². The maximum absolute atomic E-state index is 13.6. The molecular formula is C22H29FN4O2. The molecule has 0 saturated carbocycles. The summed E-state index contributed by atoms with van der Waals surface area (Å²) in [6.45, 7) is 4.28. The molecule has 0 bridgehead atoms. The number of likely N-dealkylation sites (tertiary alicyclic amines) is 2. The standard InChI is InChI=1S/C22H29FN4O2/c1-15-12-16(23)13-27(15)21(28)14-26-10-7-17(8-11-26)25-19-5-6-20(29-2)22-18(19)4-3-9-24-22/h3-6,9,15-17,25H,7-8,10-14H2,1-2H3/t15-,16+/m1/s1. The molecule has 4 rings (SSSR count). The molecule has 3 heterocycles. The van der Waals surface area contributed by atoms with Crippen LogP contribution in [-0.4, -0.2) is 72.2 Å². The number of anilines is 1. The number of pyridine rings is 1. The van der Waals surface area contributed by atoms with Gasteiger partial charge in [0.1, 0.15) is 17.4 Å². The Balaban J connectivity index is 1.34. The van der Waals surface area contributed by atoms with Crippen LogP contribution in [0.25, 0.3) is 10.9 Å². The average Bonchev–Trinajstić information content (AvgIpc) is 3.08. The molecule has 2 aliphatic heterocycles. The predicted octanol–water partition coefficient (Wildman–Crippen LogP) is 3.08. The van der Waals surface area contributed by atoms with E-state index in [1.807, 2.05) is 25.1 Å². The Morgan fingerprint density at radius 3 is 2.79 bits per heavy atom. The number of carbonyl (C=O) groups excluding carboxylic acids is 1. The summed E-state index contributed by atoms with van der Waals surface area (Å²) < 4.78 is 19.0. The number of amides is 1. The summed E-state index contributed by atoms with van der Waals surface area (Å²) in [5.41, 5.74) is 1.91. The number of halogens is 1. The lowest BCUT2D eigenvalue weighted by Crippen LogP contribution is -2.46. The SMILES string of the molecule is COc1ccc(NC2CCN(CC(=O)N3C[C@@H](F)C[C@H]3C)CC2)c2cccnc12. The molecule has 29 heavy (non-hydrogen) atoms. The highest BCUT2D eigenvalue weighted by molar-refractivity contribution is 5.95. The summed E-state index contributed by atoms with van der Waals surface area (Å²) >= 11 is 0. The van der Waals surface area contributed by atoms with Crippen LogP contribution in [-0.2, 0) is 4.79 Å². The normalized spacial score (nSPS) is 23.5. The molecule has 0 spiro atoms. The first-order valence-corrected chi connectivity index (χ1v) is 10.4. The molecule has 1 aromatic heterocycles. The molecule has 2 fully saturated rings. The molecule has 7 heteroatoms. The number of methoxy groups -OCH3 is 1. The fourth-order valence-corrected chi connectivity index (χ4v) is 4.49. The molecule has 0 radical (unpaired) electrons. The third-order valence-corrected chi connectivity index (χ3v) is 6.10. The van der Waals surface area contributed by atoms with Crippen LogP contribution in [0, 0.1) is 0 Å². The summed E-state index contributed by atoms with van der Waals surface area (Å²) in [4.78, 5) is 20.9. The van der Waals surface area contributed by atoms with Gasteiger partial charge in [-0.1, -0.05) is 0 Å². The van der Waals surface area contributed by atoms with Crippen molar-refractivity contribution in [1.29, 1.82) is 0 Å². The number of hydrogen-bond acceptors (Lipinski definition) is 5. The number of fused-ring (bicyclic) bond motifs is 1. The van der Waals surface area contributed by atoms with Crippen LogP contribution in [0.1, 0.15) is 26.2 Å². The Kier molecular flexibility index (Phi) is 5.85. The van der Waals surface area contributed by atoms with Crippen molar-refractivity contribution in [2.24, 2.45) is 0 Å². The van der Waals surface area contributed by atoms with E-state index in [1.165, 1.54) is 0 Å². The van der Waals surface area contributed by atoms with Crippen LogP contribution in [0.5, 0.6) is 5.75 Å². The number of piperidine rings is 1. The molecule has 156 valence electrons. The number of alkyl halides is 1. The molecule has 2 aliphatic rings. The van der Waals surface area contributed by atoms with E-state index in [2.05, 4.69) is 21.3 Å². The lowest BCUT2D eigenvalue weighted by atomic mass is 10.0. The van der Waals surface area contributed by atoms with E-state index in [0.717, 1.165) is 48.3 Å². The van der Waals surface area contributed by atoms with Gasteiger partial charge in [-0.25, -0.2) is 4.39 Å². The highest BCUT2D eigenvalue weighted by Crippen LogP contribution is 2.31. The van der Waals surface area contributed by atoms with E-state index < -0.39 is 6.17 Å². The Morgan fingerprint density at radius 2 is 2.10 bits per heavy atom. The van der Waals surface area contributed by atoms with E-state index in [4.69, 9.17) is 4.74 Å². The van der Waals surface area contributed by atoms with E-state index in [0.29, 0.717) is 19.0 Å². The highest BCUT2D eigenvalue weighted by atomic mass is 19.1. The quantitative estimate of drug-likeness (QED) is 0.836. The molecule has 6 nitrogen and oxygen atoms in total. The van der Waals surface area contributed by atoms with Crippen LogP contribution in [0.3, 0.4) is 0 Å². The summed E-state index contributed by atoms with van der Waals surface area (Å²) in [5.74, 6) is 0.822. The first kappa shape index (κ1) is 19.9. The largest absolute Gasteiger partial charge is 0.494 e. The van der Waals surface area contributed by atoms with Crippen molar-refractivity contribution in [3.8, 4) is 5.75 Å². The van der Waals surface area contributed by atoms with Gasteiger partial charge in [-0.05, 0) is 44.0 Å². The first-order chi connectivity index (χ1) is 14.0. The van der Waals surface area contributed by atoms with Gasteiger partial charge in [-0.15, -0.1) is 0 Å². The minimum atomic E-state index is -0.877. The fourth-order valence-electron chi connectivity index (χ4n) is 4.49. The minimum Gasteiger partial charge on any atom is -0.494 e. The van der Waals surface area contributed by atoms with Crippen LogP contribution < -0.4 is 10.1 Å². The molecular weight excluding hydrogens is 371 g/mol. The summed E-state index contributed by atoms with van der Waals surface area (Å²) in [7, 11) is 1.66. The van der Waals surface area contributed by atoms with Gasteiger partial charge in [0.05, 0.1) is 20.2 Å². The van der Waals surface area contributed by atoms with Gasteiger partial charge < -0.3 is 15.0 Å². The number of nitrogens with one attached hydrogen (secondary N) is 1. The van der Waals surface area contributed by atoms with E-state index in [9.17, 15) is 9.18 Å². The molecule has 2 saturated heterocycles. The molecule has 1 N–H and O–H groups in total. The second-order valence-electron chi connectivity index (χ2n) is 8.14. The van der Waals surface area contributed by atoms with Crippen LogP contribution in [0.4, 0.5) is 10.1 Å². The Hall–Kier alpha value is -2.41. The van der Waals surface area contributed by atoms with Gasteiger partial charge >= 0.3 is 0 Å². The lowest BCUT2D eigenvalue weighted by molar-refractivity contribution is -0.133. The third-order valence-electron chi connectivity index (χ3n) is 6.10. The van der Waals surface area contributed by atoms with E-state index >= 15 is 0 Å². The molecule has 2 atom stereocenters. The zero-order valence-electron chi connectivity index (χ0n) is 17.1. The summed E-state index contributed by atoms with van der Waals surface area (Å²) in [5, 5.41) is 4.70. The average molecular weight is 400 g/mol. The molecule has 1 aromatic carbocycles. The lowest BCUT2D eigenvalue weighted by Gasteiger charge is -2.34. The maximum Gasteiger partial charge on any atom is 0.237 e. The predicted molar refractivity (Wildman–Crippen MR) is 112 cm³/mol. The number of nitrogens with zero attached hydrogens (tertiary/aromatic N) is 3. The summed E-state index contributed by atoms with van der Waals surface area (Å²) in [6, 6.07) is 8.33. The van der Waals surface area contributed by atoms with E-state index in [-0.39, 0.29) is 18.5 Å². The second kappa shape index (κ2) is 8.53. The smallest absolute Gasteiger partial charge is 0.237 e. The van der Waals surface area contributed by atoms with Crippen molar-refractivity contribution in [3.05, 3.63) is 30.5 Å². The first-order valence-electron chi connectivity index (χ1n) is 10.4. The van der Waals surface area contributed by atoms with Crippen LogP contribution in [0.15, 0.2) is 30.5 Å².